The summed E-state index contributed by atoms with van der Waals surface area (Å²) in [5.41, 5.74) is -0.698. The van der Waals surface area contributed by atoms with Crippen molar-refractivity contribution in [1.82, 2.24) is 10.3 Å². The van der Waals surface area contributed by atoms with Crippen LogP contribution in [0.2, 0.25) is 0 Å². The summed E-state index contributed by atoms with van der Waals surface area (Å²) in [5.74, 6) is -1.40. The molecular formula is C19H23F2N5O3. The Kier molecular flexibility index (Phi) is 4.60. The lowest BCUT2D eigenvalue weighted by molar-refractivity contribution is 0.0695. The van der Waals surface area contributed by atoms with E-state index in [4.69, 9.17) is 0 Å². The quantitative estimate of drug-likeness (QED) is 0.668. The van der Waals surface area contributed by atoms with E-state index in [9.17, 15) is 23.7 Å². The van der Waals surface area contributed by atoms with Crippen LogP contribution < -0.4 is 25.9 Å². The van der Waals surface area contributed by atoms with Crippen LogP contribution in [-0.4, -0.2) is 56.3 Å². The van der Waals surface area contributed by atoms with Crippen LogP contribution in [0.3, 0.4) is 0 Å². The van der Waals surface area contributed by atoms with E-state index in [2.05, 4.69) is 10.3 Å². The summed E-state index contributed by atoms with van der Waals surface area (Å²) in [4.78, 5) is 28.7. The molecule has 2 saturated heterocycles. The number of fused-ring (bicyclic) bond motifs is 1. The number of H-pyrrole nitrogens is 1. The van der Waals surface area contributed by atoms with Gasteiger partial charge >= 0.3 is 5.97 Å². The second kappa shape index (κ2) is 6.87. The van der Waals surface area contributed by atoms with Gasteiger partial charge in [-0.2, -0.15) is 0 Å². The van der Waals surface area contributed by atoms with Crippen molar-refractivity contribution in [2.75, 3.05) is 55.4 Å². The van der Waals surface area contributed by atoms with Crippen molar-refractivity contribution in [2.45, 2.75) is 12.8 Å². The Bertz CT molecular complexity index is 1030. The van der Waals surface area contributed by atoms with Crippen LogP contribution in [0.1, 0.15) is 23.2 Å². The fourth-order valence-electron chi connectivity index (χ4n) is 4.60. The maximum Gasteiger partial charge on any atom is 0.341 e. The molecule has 8 nitrogen and oxygen atoms in total. The van der Waals surface area contributed by atoms with E-state index in [-0.39, 0.29) is 27.7 Å². The van der Waals surface area contributed by atoms with Crippen molar-refractivity contribution in [3.8, 4) is 0 Å². The number of anilines is 3. The van der Waals surface area contributed by atoms with E-state index in [1.54, 1.807) is 0 Å². The number of halogens is 2. The average Bonchev–Trinajstić information content (AvgIpc) is 3.30. The van der Waals surface area contributed by atoms with Crippen molar-refractivity contribution in [3.63, 3.8) is 0 Å². The van der Waals surface area contributed by atoms with Gasteiger partial charge in [0.25, 0.3) is 0 Å². The molecule has 0 amide bonds. The van der Waals surface area contributed by atoms with Crippen LogP contribution in [0.15, 0.2) is 17.1 Å². The molecule has 0 bridgehead atoms. The zero-order valence-electron chi connectivity index (χ0n) is 16.3. The summed E-state index contributed by atoms with van der Waals surface area (Å²) in [6.45, 7) is 3.05. The Morgan fingerprint density at radius 2 is 2.03 bits per heavy atom. The lowest BCUT2D eigenvalue weighted by Gasteiger charge is -2.30. The van der Waals surface area contributed by atoms with Crippen LogP contribution in [-0.2, 0) is 0 Å². The molecule has 1 spiro atoms. The second-order valence-corrected chi connectivity index (χ2v) is 7.90. The van der Waals surface area contributed by atoms with Crippen molar-refractivity contribution in [1.29, 1.82) is 0 Å². The maximum absolute atomic E-state index is 14.7. The number of hydrogen-bond donors (Lipinski definition) is 3. The number of nitrogens with zero attached hydrogens (tertiary/aromatic N) is 3. The summed E-state index contributed by atoms with van der Waals surface area (Å²) in [6, 6.07) is 1.29. The second-order valence-electron chi connectivity index (χ2n) is 7.90. The molecule has 2 aromatic rings. The predicted molar refractivity (Wildman–Crippen MR) is 107 cm³/mol. The molecule has 3 heterocycles. The van der Waals surface area contributed by atoms with Crippen molar-refractivity contribution in [2.24, 2.45) is 5.41 Å². The van der Waals surface area contributed by atoms with Crippen molar-refractivity contribution < 1.29 is 18.9 Å². The first-order valence-corrected chi connectivity index (χ1v) is 9.44. The molecule has 2 aliphatic heterocycles. The number of rotatable bonds is 4. The van der Waals surface area contributed by atoms with Gasteiger partial charge in [0.05, 0.1) is 22.3 Å². The number of benzene rings is 1. The molecule has 4 rings (SSSR count). The molecular weight excluding hydrogens is 384 g/mol. The molecule has 29 heavy (non-hydrogen) atoms. The van der Waals surface area contributed by atoms with Crippen LogP contribution in [0, 0.1) is 5.41 Å². The monoisotopic (exact) mass is 407 g/mol. The van der Waals surface area contributed by atoms with Gasteiger partial charge in [0.15, 0.2) is 0 Å². The third-order valence-corrected chi connectivity index (χ3v) is 6.06. The van der Waals surface area contributed by atoms with Gasteiger partial charge in [0.2, 0.25) is 5.43 Å². The van der Waals surface area contributed by atoms with E-state index in [1.165, 1.54) is 20.2 Å². The third kappa shape index (κ3) is 3.07. The van der Waals surface area contributed by atoms with Crippen molar-refractivity contribution >= 4 is 33.9 Å². The van der Waals surface area contributed by atoms with Gasteiger partial charge in [-0.3, -0.25) is 4.79 Å². The number of pyridine rings is 1. The molecule has 156 valence electrons. The first kappa shape index (κ1) is 19.4. The molecule has 0 radical (unpaired) electrons. The van der Waals surface area contributed by atoms with Gasteiger partial charge in [-0.05, 0) is 25.5 Å². The lowest BCUT2D eigenvalue weighted by Crippen LogP contribution is -2.31. The van der Waals surface area contributed by atoms with Crippen molar-refractivity contribution in [3.05, 3.63) is 28.0 Å². The predicted octanol–water partition coefficient (Wildman–Crippen LogP) is 2.06. The van der Waals surface area contributed by atoms with Gasteiger partial charge in [0, 0.05) is 45.3 Å². The number of aromatic amines is 1. The van der Waals surface area contributed by atoms with Crippen LogP contribution >= 0.6 is 0 Å². The van der Waals surface area contributed by atoms with Gasteiger partial charge in [-0.25, -0.2) is 15.0 Å². The number of aromatic nitrogens is 1. The van der Waals surface area contributed by atoms with E-state index in [0.29, 0.717) is 29.0 Å². The highest BCUT2D eigenvalue weighted by Crippen LogP contribution is 2.47. The first-order valence-electron chi connectivity index (χ1n) is 9.44. The Morgan fingerprint density at radius 1 is 1.28 bits per heavy atom. The smallest absolute Gasteiger partial charge is 0.341 e. The minimum Gasteiger partial charge on any atom is -0.477 e. The van der Waals surface area contributed by atoms with E-state index in [1.807, 2.05) is 4.90 Å². The van der Waals surface area contributed by atoms with Crippen LogP contribution in [0.5, 0.6) is 0 Å². The Balaban J connectivity index is 1.97. The number of nitrogens with one attached hydrogen (secondary N) is 2. The zero-order valence-corrected chi connectivity index (χ0v) is 16.3. The van der Waals surface area contributed by atoms with E-state index in [0.717, 1.165) is 32.1 Å². The summed E-state index contributed by atoms with van der Waals surface area (Å²) >= 11 is 0. The number of carboxylic acid groups (broad SMARTS) is 1. The van der Waals surface area contributed by atoms with Crippen LogP contribution in [0.25, 0.3) is 10.9 Å². The normalized spacial score (nSPS) is 21.3. The van der Waals surface area contributed by atoms with Crippen LogP contribution in [0.4, 0.5) is 26.0 Å². The van der Waals surface area contributed by atoms with E-state index < -0.39 is 17.0 Å². The Morgan fingerprint density at radius 3 is 2.62 bits per heavy atom. The number of carboxylic acids is 1. The first-order chi connectivity index (χ1) is 13.7. The molecule has 0 saturated carbocycles. The standard InChI is InChI=1S/C19H23F2N5O3/c1-24(20)13-7-11-14(23-8-12(17(11)27)18(28)29)16(25(2)21)15(13)26-6-4-19(10-26)3-5-22-9-19/h7-8,22H,3-6,9-10H2,1-2H3,(H,23,27)(H,28,29). The summed E-state index contributed by atoms with van der Waals surface area (Å²) in [6.07, 6.45) is 2.95. The SMILES string of the molecule is CN(F)c1cc2c(=O)c(C(=O)O)c[nH]c2c(N(C)F)c1N1CCC2(CCNC2)C1. The Hall–Kier alpha value is -2.88. The van der Waals surface area contributed by atoms with Gasteiger partial charge in [-0.15, -0.1) is 8.96 Å². The van der Waals surface area contributed by atoms with Gasteiger partial charge < -0.3 is 20.3 Å². The average molecular weight is 407 g/mol. The molecule has 2 fully saturated rings. The highest BCUT2D eigenvalue weighted by atomic mass is 19.2. The summed E-state index contributed by atoms with van der Waals surface area (Å²) in [5, 5.41) is 13.2. The fourth-order valence-corrected chi connectivity index (χ4v) is 4.60. The molecule has 1 aromatic heterocycles. The van der Waals surface area contributed by atoms with Gasteiger partial charge in [0.1, 0.15) is 11.3 Å². The van der Waals surface area contributed by atoms with E-state index >= 15 is 0 Å². The highest BCUT2D eigenvalue weighted by Gasteiger charge is 2.42. The molecule has 3 N–H and O–H groups in total. The minimum atomic E-state index is -1.40. The molecule has 10 heteroatoms. The number of carbonyl (C=O) groups is 1. The highest BCUT2D eigenvalue weighted by molar-refractivity contribution is 6.05. The maximum atomic E-state index is 14.7. The third-order valence-electron chi connectivity index (χ3n) is 6.06. The molecule has 2 aliphatic rings. The number of hydrogen-bond acceptors (Lipinski definition) is 6. The fraction of sp³-hybridized carbons (Fsp3) is 0.474. The molecule has 1 aromatic carbocycles. The Labute approximate surface area is 165 Å². The molecule has 1 atom stereocenters. The summed E-state index contributed by atoms with van der Waals surface area (Å²) in [7, 11) is 2.34. The lowest BCUT2D eigenvalue weighted by atomic mass is 9.86. The largest absolute Gasteiger partial charge is 0.477 e. The topological polar surface area (TPSA) is 91.9 Å². The summed E-state index contributed by atoms with van der Waals surface area (Å²) < 4.78 is 29.2. The number of aromatic carboxylic acids is 1. The van der Waals surface area contributed by atoms with Gasteiger partial charge in [-0.1, -0.05) is 0 Å². The minimum absolute atomic E-state index is 0.0130. The molecule has 0 aliphatic carbocycles. The molecule has 1 unspecified atom stereocenters. The zero-order chi connectivity index (χ0) is 20.9.